The standard InChI is InChI=1S/C16H14BrNO2/c17-13-7-14-16(18-8-13)20-15(9-19-14)12-5-3-11(4-6-12)10-1-2-10/h3-8,10,15H,1-2,9H2. The minimum absolute atomic E-state index is 0.0792. The molecule has 102 valence electrons. The topological polar surface area (TPSA) is 31.4 Å². The number of halogens is 1. The van der Waals surface area contributed by atoms with Gasteiger partial charge in [-0.2, -0.15) is 0 Å². The number of ether oxygens (including phenoxy) is 2. The van der Waals surface area contributed by atoms with Crippen LogP contribution in [0.2, 0.25) is 0 Å². The van der Waals surface area contributed by atoms with Crippen molar-refractivity contribution in [3.63, 3.8) is 0 Å². The van der Waals surface area contributed by atoms with Gasteiger partial charge >= 0.3 is 0 Å². The molecule has 1 aromatic heterocycles. The van der Waals surface area contributed by atoms with Gasteiger partial charge in [0.05, 0.1) is 0 Å². The minimum atomic E-state index is -0.0792. The summed E-state index contributed by atoms with van der Waals surface area (Å²) in [7, 11) is 0. The van der Waals surface area contributed by atoms with Gasteiger partial charge in [-0.05, 0) is 45.8 Å². The van der Waals surface area contributed by atoms with Gasteiger partial charge in [0.25, 0.3) is 5.88 Å². The van der Waals surface area contributed by atoms with Crippen molar-refractivity contribution < 1.29 is 9.47 Å². The number of fused-ring (bicyclic) bond motifs is 1. The van der Waals surface area contributed by atoms with Crippen LogP contribution in [0.3, 0.4) is 0 Å². The van der Waals surface area contributed by atoms with E-state index in [4.69, 9.17) is 9.47 Å². The van der Waals surface area contributed by atoms with Gasteiger partial charge in [0.2, 0.25) is 0 Å². The largest absolute Gasteiger partial charge is 0.484 e. The van der Waals surface area contributed by atoms with E-state index in [-0.39, 0.29) is 6.10 Å². The van der Waals surface area contributed by atoms with E-state index in [0.29, 0.717) is 18.2 Å². The Bertz CT molecular complexity index is 637. The highest BCUT2D eigenvalue weighted by molar-refractivity contribution is 9.10. The molecule has 0 N–H and O–H groups in total. The van der Waals surface area contributed by atoms with Gasteiger partial charge in [-0.3, -0.25) is 0 Å². The van der Waals surface area contributed by atoms with Crippen molar-refractivity contribution in [1.82, 2.24) is 4.98 Å². The van der Waals surface area contributed by atoms with E-state index < -0.39 is 0 Å². The van der Waals surface area contributed by atoms with Crippen LogP contribution in [0.4, 0.5) is 0 Å². The first-order chi connectivity index (χ1) is 9.79. The first-order valence-electron chi connectivity index (χ1n) is 6.84. The molecule has 0 radical (unpaired) electrons. The van der Waals surface area contributed by atoms with E-state index in [0.717, 1.165) is 16.0 Å². The third-order valence-corrected chi connectivity index (χ3v) is 4.22. The van der Waals surface area contributed by atoms with Gasteiger partial charge in [-0.25, -0.2) is 4.98 Å². The Balaban J connectivity index is 1.56. The molecule has 1 atom stereocenters. The molecule has 1 aliphatic heterocycles. The van der Waals surface area contributed by atoms with Crippen LogP contribution >= 0.6 is 15.9 Å². The maximum Gasteiger partial charge on any atom is 0.257 e. The number of aromatic nitrogens is 1. The number of benzene rings is 1. The van der Waals surface area contributed by atoms with E-state index >= 15 is 0 Å². The smallest absolute Gasteiger partial charge is 0.257 e. The summed E-state index contributed by atoms with van der Waals surface area (Å²) in [5.41, 5.74) is 2.58. The van der Waals surface area contributed by atoms with Crippen molar-refractivity contribution in [2.75, 3.05) is 6.61 Å². The van der Waals surface area contributed by atoms with Gasteiger partial charge < -0.3 is 9.47 Å². The van der Waals surface area contributed by atoms with Crippen LogP contribution in [-0.2, 0) is 0 Å². The van der Waals surface area contributed by atoms with Crippen molar-refractivity contribution in [2.45, 2.75) is 24.9 Å². The van der Waals surface area contributed by atoms with Crippen LogP contribution in [-0.4, -0.2) is 11.6 Å². The minimum Gasteiger partial charge on any atom is -0.484 e. The molecular weight excluding hydrogens is 318 g/mol. The highest BCUT2D eigenvalue weighted by Crippen LogP contribution is 2.41. The average Bonchev–Trinajstić information content (AvgIpc) is 3.32. The van der Waals surface area contributed by atoms with Crippen molar-refractivity contribution in [3.8, 4) is 11.6 Å². The Morgan fingerprint density at radius 2 is 1.85 bits per heavy atom. The summed E-state index contributed by atoms with van der Waals surface area (Å²) in [5, 5.41) is 0. The van der Waals surface area contributed by atoms with E-state index in [1.807, 2.05) is 6.07 Å². The number of nitrogens with zero attached hydrogens (tertiary/aromatic N) is 1. The summed E-state index contributed by atoms with van der Waals surface area (Å²) in [4.78, 5) is 4.26. The van der Waals surface area contributed by atoms with E-state index in [1.54, 1.807) is 6.20 Å². The predicted molar refractivity (Wildman–Crippen MR) is 79.2 cm³/mol. The molecule has 0 amide bonds. The SMILES string of the molecule is Brc1cnc2c(c1)OCC(c1ccc(C3CC3)cc1)O2. The molecule has 1 aromatic carbocycles. The molecule has 2 heterocycles. The summed E-state index contributed by atoms with van der Waals surface area (Å²) in [6, 6.07) is 10.6. The number of pyridine rings is 1. The zero-order valence-corrected chi connectivity index (χ0v) is 12.5. The normalized spacial score (nSPS) is 20.8. The second kappa shape index (κ2) is 4.77. The molecular formula is C16H14BrNO2. The Labute approximate surface area is 126 Å². The lowest BCUT2D eigenvalue weighted by atomic mass is 10.0. The first-order valence-corrected chi connectivity index (χ1v) is 7.64. The van der Waals surface area contributed by atoms with Gasteiger partial charge in [-0.1, -0.05) is 24.3 Å². The summed E-state index contributed by atoms with van der Waals surface area (Å²) in [5.74, 6) is 2.05. The van der Waals surface area contributed by atoms with Crippen LogP contribution in [0.25, 0.3) is 0 Å². The molecule has 1 fully saturated rings. The van der Waals surface area contributed by atoms with Crippen molar-refractivity contribution in [1.29, 1.82) is 0 Å². The first kappa shape index (κ1) is 12.2. The maximum absolute atomic E-state index is 5.93. The molecule has 1 aliphatic carbocycles. The summed E-state index contributed by atoms with van der Waals surface area (Å²) in [6.45, 7) is 0.522. The van der Waals surface area contributed by atoms with Gasteiger partial charge in [0.1, 0.15) is 6.61 Å². The van der Waals surface area contributed by atoms with Crippen molar-refractivity contribution in [2.24, 2.45) is 0 Å². The summed E-state index contributed by atoms with van der Waals surface area (Å²) in [6.07, 6.45) is 4.30. The fraction of sp³-hybridized carbons (Fsp3) is 0.312. The maximum atomic E-state index is 5.93. The van der Waals surface area contributed by atoms with Gasteiger partial charge in [-0.15, -0.1) is 0 Å². The fourth-order valence-corrected chi connectivity index (χ4v) is 2.81. The van der Waals surface area contributed by atoms with Crippen molar-refractivity contribution >= 4 is 15.9 Å². The molecule has 1 saturated carbocycles. The second-order valence-electron chi connectivity index (χ2n) is 5.32. The van der Waals surface area contributed by atoms with Gasteiger partial charge in [0, 0.05) is 16.7 Å². The molecule has 0 spiro atoms. The number of hydrogen-bond donors (Lipinski definition) is 0. The molecule has 0 bridgehead atoms. The predicted octanol–water partition coefficient (Wildman–Crippen LogP) is 4.23. The molecule has 1 unspecified atom stereocenters. The highest BCUT2D eigenvalue weighted by Gasteiger charge is 2.26. The second-order valence-corrected chi connectivity index (χ2v) is 6.23. The molecule has 4 heteroatoms. The number of hydrogen-bond acceptors (Lipinski definition) is 3. The third-order valence-electron chi connectivity index (χ3n) is 3.79. The summed E-state index contributed by atoms with van der Waals surface area (Å²) < 4.78 is 12.6. The van der Waals surface area contributed by atoms with Crippen LogP contribution in [0.5, 0.6) is 11.6 Å². The van der Waals surface area contributed by atoms with Crippen LogP contribution in [0, 0.1) is 0 Å². The van der Waals surface area contributed by atoms with Crippen molar-refractivity contribution in [3.05, 3.63) is 52.1 Å². The molecule has 2 aliphatic rings. The van der Waals surface area contributed by atoms with E-state index in [9.17, 15) is 0 Å². The Kier molecular flexibility index (Phi) is 2.91. The quantitative estimate of drug-likeness (QED) is 0.825. The molecule has 0 saturated heterocycles. The highest BCUT2D eigenvalue weighted by atomic mass is 79.9. The monoisotopic (exact) mass is 331 g/mol. The number of rotatable bonds is 2. The molecule has 20 heavy (non-hydrogen) atoms. The van der Waals surface area contributed by atoms with Gasteiger partial charge in [0.15, 0.2) is 11.9 Å². The lowest BCUT2D eigenvalue weighted by Gasteiger charge is -2.26. The van der Waals surface area contributed by atoms with Crippen LogP contribution in [0.15, 0.2) is 41.0 Å². The zero-order valence-electron chi connectivity index (χ0n) is 10.9. The average molecular weight is 332 g/mol. The molecule has 3 nitrogen and oxygen atoms in total. The van der Waals surface area contributed by atoms with Crippen LogP contribution in [0.1, 0.15) is 36.0 Å². The fourth-order valence-electron chi connectivity index (χ4n) is 2.50. The lowest BCUT2D eigenvalue weighted by Crippen LogP contribution is -2.22. The Morgan fingerprint density at radius 1 is 1.10 bits per heavy atom. The third kappa shape index (κ3) is 2.29. The summed E-state index contributed by atoms with van der Waals surface area (Å²) >= 11 is 3.38. The zero-order chi connectivity index (χ0) is 13.5. The molecule has 2 aromatic rings. The van der Waals surface area contributed by atoms with E-state index in [2.05, 4.69) is 45.2 Å². The van der Waals surface area contributed by atoms with Crippen LogP contribution < -0.4 is 9.47 Å². The lowest BCUT2D eigenvalue weighted by molar-refractivity contribution is 0.0849. The Morgan fingerprint density at radius 3 is 2.60 bits per heavy atom. The Hall–Kier alpha value is -1.55. The van der Waals surface area contributed by atoms with E-state index in [1.165, 1.54) is 18.4 Å². The molecule has 4 rings (SSSR count).